The van der Waals surface area contributed by atoms with Crippen LogP contribution < -0.4 is 50.4 Å². The average Bonchev–Trinajstić information content (AvgIpc) is 2.97. The summed E-state index contributed by atoms with van der Waals surface area (Å²) in [4.78, 5) is 69.4. The maximum atomic E-state index is 15.4. The lowest BCUT2D eigenvalue weighted by molar-refractivity contribution is -0.143. The van der Waals surface area contributed by atoms with Gasteiger partial charge in [0.05, 0.1) is 12.6 Å². The molecule has 0 saturated heterocycles. The van der Waals surface area contributed by atoms with E-state index in [1.807, 2.05) is 5.32 Å². The second-order valence-corrected chi connectivity index (χ2v) is 9.92. The molecule has 1 aromatic carbocycles. The number of hydrogen-bond donors (Lipinski definition) is 10. The summed E-state index contributed by atoms with van der Waals surface area (Å²) in [5.74, 6) is -6.55. The first-order chi connectivity index (χ1) is 21.1. The molecule has 0 radical (unpaired) electrons. The molecule has 2 unspecified atom stereocenters. The van der Waals surface area contributed by atoms with Crippen LogP contribution in [0.4, 0.5) is 8.78 Å². The van der Waals surface area contributed by atoms with Crippen LogP contribution in [-0.2, 0) is 30.4 Å². The number of carbonyl (C=O) groups is 5. The molecule has 6 atom stereocenters. The lowest BCUT2D eigenvalue weighted by Crippen LogP contribution is -2.61. The zero-order chi connectivity index (χ0) is 34.1. The Morgan fingerprint density at radius 3 is 1.96 bits per heavy atom. The number of alkyl halides is 2. The predicted molar refractivity (Wildman–Crippen MR) is 160 cm³/mol. The van der Waals surface area contributed by atoms with Crippen LogP contribution in [0, 0.1) is 0 Å². The number of aliphatic imine (C=N–C) groups is 2. The van der Waals surface area contributed by atoms with Crippen molar-refractivity contribution in [1.82, 2.24) is 16.0 Å². The SMILES string of the molecule is NC(=O)CC[C@H](NC(=O)[C@@H](NC(=O)[C@H](Cc1ccccc1)NC(=O)[C@@H](N)CCCN=C(N)N)C(F)C(F)CN=C(N)N)C(=O)O. The van der Waals surface area contributed by atoms with Gasteiger partial charge in [0.1, 0.15) is 18.1 Å². The number of carbonyl (C=O) groups excluding carboxylic acids is 4. The van der Waals surface area contributed by atoms with Crippen LogP contribution in [0.15, 0.2) is 40.3 Å². The number of nitrogens with two attached hydrogens (primary N) is 6. The molecule has 0 aliphatic heterocycles. The molecule has 0 bridgehead atoms. The van der Waals surface area contributed by atoms with Gasteiger partial charge in [-0.05, 0) is 24.8 Å². The van der Waals surface area contributed by atoms with Gasteiger partial charge in [-0.3, -0.25) is 29.2 Å². The van der Waals surface area contributed by atoms with Gasteiger partial charge in [-0.25, -0.2) is 13.6 Å². The van der Waals surface area contributed by atoms with Crippen molar-refractivity contribution in [2.75, 3.05) is 13.1 Å². The molecule has 19 heteroatoms. The number of halogens is 2. The Balaban J connectivity index is 3.29. The fraction of sp³-hybridized carbons (Fsp3) is 0.500. The number of amides is 4. The van der Waals surface area contributed by atoms with E-state index in [0.29, 0.717) is 12.0 Å². The molecule has 4 amide bonds. The Morgan fingerprint density at radius 1 is 0.800 bits per heavy atom. The van der Waals surface area contributed by atoms with Gasteiger partial charge in [0.25, 0.3) is 0 Å². The Hall–Kier alpha value is -5.07. The minimum atomic E-state index is -2.80. The van der Waals surface area contributed by atoms with Crippen LogP contribution in [-0.4, -0.2) is 96.2 Å². The first kappa shape index (κ1) is 38.0. The van der Waals surface area contributed by atoms with Crippen LogP contribution in [0.25, 0.3) is 0 Å². The summed E-state index contributed by atoms with van der Waals surface area (Å²) >= 11 is 0. The molecule has 45 heavy (non-hydrogen) atoms. The normalized spacial score (nSPS) is 14.7. The first-order valence-corrected chi connectivity index (χ1v) is 13.7. The molecule has 1 aromatic rings. The van der Waals surface area contributed by atoms with Gasteiger partial charge in [0, 0.05) is 19.4 Å². The van der Waals surface area contributed by atoms with Crippen molar-refractivity contribution in [2.45, 2.75) is 68.6 Å². The smallest absolute Gasteiger partial charge is 0.326 e. The molecule has 0 fully saturated rings. The monoisotopic (exact) mass is 641 g/mol. The Bertz CT molecular complexity index is 1210. The van der Waals surface area contributed by atoms with Crippen molar-refractivity contribution in [3.05, 3.63) is 35.9 Å². The van der Waals surface area contributed by atoms with Crippen molar-refractivity contribution in [3.63, 3.8) is 0 Å². The molecule has 250 valence electrons. The van der Waals surface area contributed by atoms with E-state index < -0.39 is 91.5 Å². The lowest BCUT2D eigenvalue weighted by Gasteiger charge is -2.28. The van der Waals surface area contributed by atoms with Gasteiger partial charge in [-0.15, -0.1) is 0 Å². The number of aliphatic carboxylic acids is 1. The number of carboxylic acid groups (broad SMARTS) is 1. The third-order valence-corrected chi connectivity index (χ3v) is 6.21. The molecule has 17 nitrogen and oxygen atoms in total. The van der Waals surface area contributed by atoms with Crippen molar-refractivity contribution in [1.29, 1.82) is 0 Å². The Morgan fingerprint density at radius 2 is 1.40 bits per heavy atom. The van der Waals surface area contributed by atoms with Gasteiger partial charge >= 0.3 is 5.97 Å². The van der Waals surface area contributed by atoms with Gasteiger partial charge in [-0.1, -0.05) is 30.3 Å². The standard InChI is InChI=1S/C26H41F2N11O6/c27-14(12-36-26(33)34)19(28)20(23(43)37-16(24(44)45)8-9-18(30)40)39-22(42)17(11-13-5-2-1-3-6-13)38-21(41)15(29)7-4-10-35-25(31)32/h1-3,5-6,14-17,19-20H,4,7-12,29H2,(H2,30,40)(H,37,43)(H,38,41)(H,39,42)(H,44,45)(H4,31,32,35)(H4,33,34,36)/t14?,15-,16-,17-,19?,20-/m0/s1. The van der Waals surface area contributed by atoms with Crippen molar-refractivity contribution < 1.29 is 37.9 Å². The molecule has 0 heterocycles. The topological polar surface area (TPSA) is 323 Å². The molecule has 1 rings (SSSR count). The Kier molecular flexibility index (Phi) is 16.2. The highest BCUT2D eigenvalue weighted by molar-refractivity contribution is 5.94. The highest BCUT2D eigenvalue weighted by atomic mass is 19.2. The number of primary amides is 1. The summed E-state index contributed by atoms with van der Waals surface area (Å²) in [6.45, 7) is -0.751. The van der Waals surface area contributed by atoms with Crippen molar-refractivity contribution in [2.24, 2.45) is 44.4 Å². The zero-order valence-electron chi connectivity index (χ0n) is 24.4. The fourth-order valence-corrected chi connectivity index (χ4v) is 3.84. The molecule has 0 saturated carbocycles. The third kappa shape index (κ3) is 14.8. The minimum Gasteiger partial charge on any atom is -0.480 e. The van der Waals surface area contributed by atoms with Crippen LogP contribution in [0.1, 0.15) is 31.2 Å². The quantitative estimate of drug-likeness (QED) is 0.0376. The second-order valence-electron chi connectivity index (χ2n) is 9.92. The van der Waals surface area contributed by atoms with Crippen molar-refractivity contribution in [3.8, 4) is 0 Å². The lowest BCUT2D eigenvalue weighted by atomic mass is 10.0. The molecule has 0 spiro atoms. The van der Waals surface area contributed by atoms with E-state index >= 15 is 4.39 Å². The number of nitrogens with zero attached hydrogens (tertiary/aromatic N) is 2. The predicted octanol–water partition coefficient (Wildman–Crippen LogP) is -3.64. The summed E-state index contributed by atoms with van der Waals surface area (Å²) in [7, 11) is 0. The maximum absolute atomic E-state index is 15.4. The van der Waals surface area contributed by atoms with Gasteiger partial charge in [0.15, 0.2) is 24.3 Å². The number of hydrogen-bond acceptors (Lipinski definition) is 8. The Labute approximate surface area is 257 Å². The largest absolute Gasteiger partial charge is 0.480 e. The summed E-state index contributed by atoms with van der Waals surface area (Å²) in [5.41, 5.74) is 32.4. The van der Waals surface area contributed by atoms with Crippen LogP contribution >= 0.6 is 0 Å². The number of benzene rings is 1. The summed E-state index contributed by atoms with van der Waals surface area (Å²) in [6, 6.07) is 1.63. The zero-order valence-corrected chi connectivity index (χ0v) is 24.4. The number of nitrogens with one attached hydrogen (secondary N) is 3. The van der Waals surface area contributed by atoms with E-state index in [-0.39, 0.29) is 25.3 Å². The molecule has 0 aliphatic rings. The van der Waals surface area contributed by atoms with Crippen LogP contribution in [0.3, 0.4) is 0 Å². The van der Waals surface area contributed by atoms with E-state index in [1.54, 1.807) is 30.3 Å². The average molecular weight is 642 g/mol. The summed E-state index contributed by atoms with van der Waals surface area (Å²) < 4.78 is 30.3. The summed E-state index contributed by atoms with van der Waals surface area (Å²) in [6.07, 6.45) is -5.99. The van der Waals surface area contributed by atoms with E-state index in [4.69, 9.17) is 34.4 Å². The number of carboxylic acids is 1. The highest BCUT2D eigenvalue weighted by Gasteiger charge is 2.39. The van der Waals surface area contributed by atoms with E-state index in [2.05, 4.69) is 20.6 Å². The van der Waals surface area contributed by atoms with Crippen LogP contribution in [0.2, 0.25) is 0 Å². The number of guanidine groups is 2. The van der Waals surface area contributed by atoms with Gasteiger partial charge in [-0.2, -0.15) is 0 Å². The maximum Gasteiger partial charge on any atom is 0.326 e. The van der Waals surface area contributed by atoms with E-state index in [0.717, 1.165) is 0 Å². The first-order valence-electron chi connectivity index (χ1n) is 13.7. The van der Waals surface area contributed by atoms with Gasteiger partial charge in [0.2, 0.25) is 23.6 Å². The molecular formula is C26H41F2N11O6. The molecule has 0 aliphatic carbocycles. The molecule has 0 aromatic heterocycles. The minimum absolute atomic E-state index is 0.121. The van der Waals surface area contributed by atoms with Gasteiger partial charge < -0.3 is 55.5 Å². The summed E-state index contributed by atoms with van der Waals surface area (Å²) in [5, 5.41) is 15.9. The second kappa shape index (κ2) is 19.3. The van der Waals surface area contributed by atoms with E-state index in [1.165, 1.54) is 0 Å². The van der Waals surface area contributed by atoms with Crippen molar-refractivity contribution >= 4 is 41.5 Å². The molecule has 16 N–H and O–H groups in total. The number of rotatable bonds is 20. The van der Waals surface area contributed by atoms with Crippen LogP contribution in [0.5, 0.6) is 0 Å². The third-order valence-electron chi connectivity index (χ3n) is 6.21. The van der Waals surface area contributed by atoms with E-state index in [9.17, 15) is 33.5 Å². The molecular weight excluding hydrogens is 600 g/mol. The fourth-order valence-electron chi connectivity index (χ4n) is 3.84. The highest BCUT2D eigenvalue weighted by Crippen LogP contribution is 2.13.